The van der Waals surface area contributed by atoms with Gasteiger partial charge >= 0.3 is 0 Å². The monoisotopic (exact) mass is 224 g/mol. The number of hydrogen-bond acceptors (Lipinski definition) is 1. The maximum Gasteiger partial charge on any atom is 0.0596 e. The first-order valence-corrected chi connectivity index (χ1v) is 7.35. The van der Waals surface area contributed by atoms with Crippen LogP contribution in [0.3, 0.4) is 0 Å². The molecule has 1 N–H and O–H groups in total. The molecule has 2 aliphatic rings. The van der Waals surface area contributed by atoms with Gasteiger partial charge in [-0.25, -0.2) is 0 Å². The fraction of sp³-hybridized carbons (Fsp3) is 1.00. The Balaban J connectivity index is 1.89. The molecule has 1 nitrogen and oxygen atoms in total. The third-order valence-corrected chi connectivity index (χ3v) is 4.83. The Labute approximate surface area is 101 Å². The lowest BCUT2D eigenvalue weighted by atomic mass is 9.70. The number of hydrogen-bond donors (Lipinski definition) is 1. The van der Waals surface area contributed by atoms with Gasteiger partial charge in [-0.1, -0.05) is 33.1 Å². The molecule has 0 aromatic rings. The van der Waals surface area contributed by atoms with E-state index in [9.17, 15) is 5.11 Å². The first kappa shape index (κ1) is 12.4. The van der Waals surface area contributed by atoms with Gasteiger partial charge in [0, 0.05) is 0 Å². The lowest BCUT2D eigenvalue weighted by Gasteiger charge is -2.38. The molecular weight excluding hydrogens is 196 g/mol. The predicted molar refractivity (Wildman–Crippen MR) is 68.3 cm³/mol. The summed E-state index contributed by atoms with van der Waals surface area (Å²) in [5.41, 5.74) is 0. The van der Waals surface area contributed by atoms with Crippen LogP contribution >= 0.6 is 0 Å². The molecule has 0 unspecified atom stereocenters. The number of aliphatic hydroxyl groups is 1. The molecule has 2 saturated carbocycles. The first-order chi connectivity index (χ1) is 7.66. The summed E-state index contributed by atoms with van der Waals surface area (Å²) in [6, 6.07) is 0. The van der Waals surface area contributed by atoms with Gasteiger partial charge < -0.3 is 5.11 Å². The molecule has 16 heavy (non-hydrogen) atoms. The maximum absolute atomic E-state index is 10.5. The Bertz CT molecular complexity index is 197. The van der Waals surface area contributed by atoms with Crippen molar-refractivity contribution in [1.82, 2.24) is 0 Å². The summed E-state index contributed by atoms with van der Waals surface area (Å²) in [5.74, 6) is 2.87. The van der Waals surface area contributed by atoms with E-state index in [1.807, 2.05) is 0 Å². The van der Waals surface area contributed by atoms with Crippen molar-refractivity contribution in [2.75, 3.05) is 0 Å². The lowest BCUT2D eigenvalue weighted by Crippen LogP contribution is -2.35. The Morgan fingerprint density at radius 3 is 1.94 bits per heavy atom. The van der Waals surface area contributed by atoms with E-state index in [-0.39, 0.29) is 6.10 Å². The van der Waals surface area contributed by atoms with Gasteiger partial charge in [0.15, 0.2) is 0 Å². The quantitative estimate of drug-likeness (QED) is 0.751. The highest BCUT2D eigenvalue weighted by Gasteiger charge is 2.33. The van der Waals surface area contributed by atoms with Gasteiger partial charge in [0.2, 0.25) is 0 Å². The molecule has 0 spiro atoms. The molecule has 2 fully saturated rings. The second-order valence-electron chi connectivity index (χ2n) is 6.57. The lowest BCUT2D eigenvalue weighted by molar-refractivity contribution is 0.000725. The third-order valence-electron chi connectivity index (χ3n) is 4.83. The Hall–Kier alpha value is -0.0400. The Kier molecular flexibility index (Phi) is 4.29. The molecule has 0 aromatic carbocycles. The van der Waals surface area contributed by atoms with Crippen LogP contribution in [0.5, 0.6) is 0 Å². The average Bonchev–Trinajstić information content (AvgIpc) is 2.28. The minimum Gasteiger partial charge on any atom is -0.393 e. The Morgan fingerprint density at radius 2 is 1.38 bits per heavy atom. The largest absolute Gasteiger partial charge is 0.393 e. The smallest absolute Gasteiger partial charge is 0.0596 e. The highest BCUT2D eigenvalue weighted by atomic mass is 16.3. The van der Waals surface area contributed by atoms with Crippen molar-refractivity contribution in [3.63, 3.8) is 0 Å². The van der Waals surface area contributed by atoms with E-state index in [0.717, 1.165) is 11.8 Å². The number of rotatable bonds is 2. The van der Waals surface area contributed by atoms with Gasteiger partial charge in [-0.15, -0.1) is 0 Å². The standard InChI is InChI=1S/C15H28O/c1-11-8-12(2)10-14(9-11)15(16)13-6-4-3-5-7-13/h11-16H,3-10H2,1-2H3/t11-,12-,15+/m0/s1. The molecule has 0 heterocycles. The van der Waals surface area contributed by atoms with Crippen molar-refractivity contribution in [3.05, 3.63) is 0 Å². The maximum atomic E-state index is 10.5. The fourth-order valence-electron chi connectivity index (χ4n) is 4.15. The van der Waals surface area contributed by atoms with Crippen molar-refractivity contribution in [3.8, 4) is 0 Å². The van der Waals surface area contributed by atoms with Crippen LogP contribution in [0.1, 0.15) is 65.2 Å². The van der Waals surface area contributed by atoms with E-state index in [0.29, 0.717) is 11.8 Å². The van der Waals surface area contributed by atoms with Crippen LogP contribution in [-0.4, -0.2) is 11.2 Å². The van der Waals surface area contributed by atoms with Crippen LogP contribution in [0.25, 0.3) is 0 Å². The van der Waals surface area contributed by atoms with Crippen LogP contribution in [0.2, 0.25) is 0 Å². The van der Waals surface area contributed by atoms with Crippen LogP contribution < -0.4 is 0 Å². The molecule has 94 valence electrons. The minimum atomic E-state index is 0.00509. The van der Waals surface area contributed by atoms with E-state index >= 15 is 0 Å². The summed E-state index contributed by atoms with van der Waals surface area (Å²) in [5, 5.41) is 10.5. The predicted octanol–water partition coefficient (Wildman–Crippen LogP) is 4.00. The second kappa shape index (κ2) is 5.53. The van der Waals surface area contributed by atoms with Gasteiger partial charge in [-0.2, -0.15) is 0 Å². The molecule has 0 aromatic heterocycles. The van der Waals surface area contributed by atoms with Crippen molar-refractivity contribution in [2.24, 2.45) is 23.7 Å². The molecule has 0 amide bonds. The zero-order valence-corrected chi connectivity index (χ0v) is 11.0. The van der Waals surface area contributed by atoms with Crippen LogP contribution in [0.4, 0.5) is 0 Å². The molecule has 2 aliphatic carbocycles. The fourth-order valence-corrected chi connectivity index (χ4v) is 4.15. The first-order valence-electron chi connectivity index (χ1n) is 7.35. The van der Waals surface area contributed by atoms with Crippen molar-refractivity contribution < 1.29 is 5.11 Å². The topological polar surface area (TPSA) is 20.2 Å². The van der Waals surface area contributed by atoms with E-state index in [1.54, 1.807) is 0 Å². The normalized spacial score (nSPS) is 39.6. The van der Waals surface area contributed by atoms with Crippen LogP contribution in [-0.2, 0) is 0 Å². The number of aliphatic hydroxyl groups excluding tert-OH is 1. The summed E-state index contributed by atoms with van der Waals surface area (Å²) >= 11 is 0. The van der Waals surface area contributed by atoms with Gasteiger partial charge in [0.25, 0.3) is 0 Å². The molecule has 1 heteroatoms. The van der Waals surface area contributed by atoms with Gasteiger partial charge in [0.05, 0.1) is 6.10 Å². The van der Waals surface area contributed by atoms with Crippen molar-refractivity contribution >= 4 is 0 Å². The summed E-state index contributed by atoms with van der Waals surface area (Å²) in [6.45, 7) is 4.71. The Morgan fingerprint density at radius 1 is 0.812 bits per heavy atom. The highest BCUT2D eigenvalue weighted by Crippen LogP contribution is 2.39. The summed E-state index contributed by atoms with van der Waals surface area (Å²) in [6.07, 6.45) is 10.5. The average molecular weight is 224 g/mol. The summed E-state index contributed by atoms with van der Waals surface area (Å²) in [7, 11) is 0. The molecule has 2 rings (SSSR count). The van der Waals surface area contributed by atoms with E-state index in [1.165, 1.54) is 51.4 Å². The van der Waals surface area contributed by atoms with E-state index in [4.69, 9.17) is 0 Å². The minimum absolute atomic E-state index is 0.00509. The molecule has 0 bridgehead atoms. The van der Waals surface area contributed by atoms with E-state index in [2.05, 4.69) is 13.8 Å². The zero-order valence-electron chi connectivity index (χ0n) is 11.0. The van der Waals surface area contributed by atoms with Gasteiger partial charge in [0.1, 0.15) is 0 Å². The van der Waals surface area contributed by atoms with Crippen molar-refractivity contribution in [1.29, 1.82) is 0 Å². The molecule has 0 aliphatic heterocycles. The van der Waals surface area contributed by atoms with Crippen molar-refractivity contribution in [2.45, 2.75) is 71.3 Å². The second-order valence-corrected chi connectivity index (χ2v) is 6.57. The molecule has 0 radical (unpaired) electrons. The molecule has 3 atom stereocenters. The van der Waals surface area contributed by atoms with E-state index < -0.39 is 0 Å². The summed E-state index contributed by atoms with van der Waals surface area (Å²) < 4.78 is 0. The molecular formula is C15H28O. The van der Waals surface area contributed by atoms with Crippen LogP contribution in [0, 0.1) is 23.7 Å². The van der Waals surface area contributed by atoms with Crippen LogP contribution in [0.15, 0.2) is 0 Å². The highest BCUT2D eigenvalue weighted by molar-refractivity contribution is 4.84. The van der Waals surface area contributed by atoms with Gasteiger partial charge in [-0.3, -0.25) is 0 Å². The third kappa shape index (κ3) is 3.00. The SMILES string of the molecule is C[C@@H]1CC([C@H](O)C2CCCCC2)C[C@@H](C)C1. The summed E-state index contributed by atoms with van der Waals surface area (Å²) in [4.78, 5) is 0. The zero-order chi connectivity index (χ0) is 11.5. The van der Waals surface area contributed by atoms with Gasteiger partial charge in [-0.05, 0) is 55.8 Å². The molecule has 0 saturated heterocycles.